The Morgan fingerprint density at radius 3 is 1.89 bits per heavy atom. The second kappa shape index (κ2) is 4.85. The maximum Gasteiger partial charge on any atom is 0.139 e. The van der Waals surface area contributed by atoms with E-state index in [1.807, 2.05) is 17.0 Å². The van der Waals surface area contributed by atoms with Gasteiger partial charge in [-0.25, -0.2) is 0 Å². The standard InChI is InChI=1S/C13H13N3O2/c14-7-9-11(17)6-12(18)10(8-15)13(9)16-4-2-1-3-5-16/h6,17-18H,1-5H2. The molecule has 0 spiro atoms. The summed E-state index contributed by atoms with van der Waals surface area (Å²) in [7, 11) is 0. The van der Waals surface area contributed by atoms with Crippen LogP contribution in [0.2, 0.25) is 0 Å². The number of phenols is 2. The fourth-order valence-corrected chi connectivity index (χ4v) is 2.30. The average Bonchev–Trinajstić information content (AvgIpc) is 2.39. The third-order valence-electron chi connectivity index (χ3n) is 3.16. The molecule has 0 bridgehead atoms. The van der Waals surface area contributed by atoms with Crippen LogP contribution in [0, 0.1) is 22.7 Å². The van der Waals surface area contributed by atoms with Gasteiger partial charge >= 0.3 is 0 Å². The average molecular weight is 243 g/mol. The molecule has 18 heavy (non-hydrogen) atoms. The third kappa shape index (κ3) is 1.91. The first kappa shape index (κ1) is 12.1. The number of benzene rings is 1. The van der Waals surface area contributed by atoms with Gasteiger partial charge < -0.3 is 15.1 Å². The number of hydrogen-bond donors (Lipinski definition) is 2. The molecule has 1 aromatic rings. The van der Waals surface area contributed by atoms with E-state index in [0.717, 1.165) is 38.4 Å². The Bertz CT molecular complexity index is 511. The number of phenolic OH excluding ortho intramolecular Hbond substituents is 2. The number of piperidine rings is 1. The molecule has 0 saturated carbocycles. The van der Waals surface area contributed by atoms with Crippen LogP contribution in [0.4, 0.5) is 5.69 Å². The molecule has 0 aliphatic carbocycles. The van der Waals surface area contributed by atoms with Crippen LogP contribution in [0.15, 0.2) is 6.07 Å². The number of anilines is 1. The van der Waals surface area contributed by atoms with Crippen LogP contribution in [0.25, 0.3) is 0 Å². The zero-order valence-corrected chi connectivity index (χ0v) is 9.85. The maximum atomic E-state index is 9.70. The van der Waals surface area contributed by atoms with Crippen LogP contribution >= 0.6 is 0 Å². The Morgan fingerprint density at radius 1 is 0.944 bits per heavy atom. The predicted octanol–water partition coefficient (Wildman–Crippen LogP) is 1.83. The van der Waals surface area contributed by atoms with Gasteiger partial charge in [0.25, 0.3) is 0 Å². The van der Waals surface area contributed by atoms with Crippen LogP contribution < -0.4 is 4.90 Å². The summed E-state index contributed by atoms with van der Waals surface area (Å²) >= 11 is 0. The first-order valence-corrected chi connectivity index (χ1v) is 5.83. The fourth-order valence-electron chi connectivity index (χ4n) is 2.30. The second-order valence-electron chi connectivity index (χ2n) is 4.28. The quantitative estimate of drug-likeness (QED) is 0.785. The van der Waals surface area contributed by atoms with E-state index in [1.165, 1.54) is 0 Å². The lowest BCUT2D eigenvalue weighted by Crippen LogP contribution is -2.30. The molecule has 1 fully saturated rings. The normalized spacial score (nSPS) is 14.9. The van der Waals surface area contributed by atoms with Crippen LogP contribution in [-0.4, -0.2) is 23.3 Å². The smallest absolute Gasteiger partial charge is 0.139 e. The molecule has 5 nitrogen and oxygen atoms in total. The van der Waals surface area contributed by atoms with Crippen LogP contribution in [0.1, 0.15) is 30.4 Å². The van der Waals surface area contributed by atoms with Gasteiger partial charge in [-0.3, -0.25) is 0 Å². The molecule has 1 heterocycles. The molecule has 0 radical (unpaired) electrons. The second-order valence-corrected chi connectivity index (χ2v) is 4.28. The summed E-state index contributed by atoms with van der Waals surface area (Å²) in [5.41, 5.74) is 0.481. The van der Waals surface area contributed by atoms with Crippen molar-refractivity contribution in [3.05, 3.63) is 17.2 Å². The highest BCUT2D eigenvalue weighted by atomic mass is 16.3. The lowest BCUT2D eigenvalue weighted by atomic mass is 10.0. The summed E-state index contributed by atoms with van der Waals surface area (Å²) in [4.78, 5) is 1.89. The Hall–Kier alpha value is -2.40. The molecule has 0 aromatic heterocycles. The molecule has 2 rings (SSSR count). The van der Waals surface area contributed by atoms with Crippen molar-refractivity contribution < 1.29 is 10.2 Å². The monoisotopic (exact) mass is 243 g/mol. The van der Waals surface area contributed by atoms with E-state index < -0.39 is 0 Å². The highest BCUT2D eigenvalue weighted by molar-refractivity contribution is 5.76. The molecule has 0 atom stereocenters. The van der Waals surface area contributed by atoms with Crippen molar-refractivity contribution in [2.45, 2.75) is 19.3 Å². The molecule has 1 saturated heterocycles. The van der Waals surface area contributed by atoms with Crippen LogP contribution in [-0.2, 0) is 0 Å². The topological polar surface area (TPSA) is 91.3 Å². The molecule has 5 heteroatoms. The van der Waals surface area contributed by atoms with Gasteiger partial charge in [0.1, 0.15) is 34.8 Å². The molecular weight excluding hydrogens is 230 g/mol. The Morgan fingerprint density at radius 2 is 1.44 bits per heavy atom. The first-order valence-electron chi connectivity index (χ1n) is 5.83. The summed E-state index contributed by atoms with van der Waals surface area (Å²) in [5.74, 6) is -0.566. The van der Waals surface area contributed by atoms with E-state index in [-0.39, 0.29) is 22.6 Å². The van der Waals surface area contributed by atoms with Crippen molar-refractivity contribution in [3.63, 3.8) is 0 Å². The minimum absolute atomic E-state index is 0.0613. The zero-order valence-electron chi connectivity index (χ0n) is 9.85. The first-order chi connectivity index (χ1) is 8.69. The molecule has 1 aromatic carbocycles. The minimum Gasteiger partial charge on any atom is -0.506 e. The van der Waals surface area contributed by atoms with Crippen LogP contribution in [0.3, 0.4) is 0 Å². The van der Waals surface area contributed by atoms with Crippen molar-refractivity contribution in [2.24, 2.45) is 0 Å². The lowest BCUT2D eigenvalue weighted by Gasteiger charge is -2.30. The highest BCUT2D eigenvalue weighted by Crippen LogP contribution is 2.38. The van der Waals surface area contributed by atoms with Gasteiger partial charge in [-0.15, -0.1) is 0 Å². The maximum absolute atomic E-state index is 9.70. The fraction of sp³-hybridized carbons (Fsp3) is 0.385. The van der Waals surface area contributed by atoms with E-state index in [0.29, 0.717) is 5.69 Å². The van der Waals surface area contributed by atoms with Gasteiger partial charge in [-0.2, -0.15) is 10.5 Å². The molecule has 1 aliphatic rings. The van der Waals surface area contributed by atoms with E-state index in [2.05, 4.69) is 0 Å². The van der Waals surface area contributed by atoms with Gasteiger partial charge in [0, 0.05) is 19.2 Å². The van der Waals surface area contributed by atoms with Gasteiger partial charge in [0.15, 0.2) is 0 Å². The van der Waals surface area contributed by atoms with E-state index in [4.69, 9.17) is 10.5 Å². The lowest BCUT2D eigenvalue weighted by molar-refractivity contribution is 0.447. The highest BCUT2D eigenvalue weighted by Gasteiger charge is 2.23. The number of nitriles is 2. The van der Waals surface area contributed by atoms with Gasteiger partial charge in [-0.1, -0.05) is 0 Å². The van der Waals surface area contributed by atoms with Crippen molar-refractivity contribution in [3.8, 4) is 23.6 Å². The molecule has 2 N–H and O–H groups in total. The summed E-state index contributed by atoms with van der Waals surface area (Å²) in [6.07, 6.45) is 3.07. The number of aromatic hydroxyl groups is 2. The Labute approximate surface area is 105 Å². The van der Waals surface area contributed by atoms with Gasteiger partial charge in [0.2, 0.25) is 0 Å². The van der Waals surface area contributed by atoms with Crippen molar-refractivity contribution in [1.82, 2.24) is 0 Å². The minimum atomic E-state index is -0.283. The van der Waals surface area contributed by atoms with Gasteiger partial charge in [0.05, 0.1) is 5.69 Å². The summed E-state index contributed by atoms with van der Waals surface area (Å²) in [5, 5.41) is 37.6. The van der Waals surface area contributed by atoms with E-state index >= 15 is 0 Å². The largest absolute Gasteiger partial charge is 0.506 e. The van der Waals surface area contributed by atoms with Crippen LogP contribution in [0.5, 0.6) is 11.5 Å². The Balaban J connectivity index is 2.62. The SMILES string of the molecule is N#Cc1c(O)cc(O)c(C#N)c1N1CCCCC1. The van der Waals surface area contributed by atoms with Crippen molar-refractivity contribution >= 4 is 5.69 Å². The summed E-state index contributed by atoms with van der Waals surface area (Å²) < 4.78 is 0. The number of nitrogens with zero attached hydrogens (tertiary/aromatic N) is 3. The van der Waals surface area contributed by atoms with Gasteiger partial charge in [-0.05, 0) is 19.3 Å². The third-order valence-corrected chi connectivity index (χ3v) is 3.16. The molecule has 92 valence electrons. The number of rotatable bonds is 1. The summed E-state index contributed by atoms with van der Waals surface area (Å²) in [6, 6.07) is 4.86. The van der Waals surface area contributed by atoms with Crippen molar-refractivity contribution in [1.29, 1.82) is 10.5 Å². The molecule has 0 amide bonds. The van der Waals surface area contributed by atoms with E-state index in [9.17, 15) is 10.2 Å². The Kier molecular flexibility index (Phi) is 3.25. The number of hydrogen-bond acceptors (Lipinski definition) is 5. The summed E-state index contributed by atoms with van der Waals surface area (Å²) in [6.45, 7) is 1.46. The van der Waals surface area contributed by atoms with E-state index in [1.54, 1.807) is 0 Å². The van der Waals surface area contributed by atoms with Crippen molar-refractivity contribution in [2.75, 3.05) is 18.0 Å². The molecule has 0 unspecified atom stereocenters. The molecule has 1 aliphatic heterocycles. The predicted molar refractivity (Wildman–Crippen MR) is 65.3 cm³/mol. The molecular formula is C13H13N3O2. The zero-order chi connectivity index (χ0) is 13.1.